The Labute approximate surface area is 103 Å². The highest BCUT2D eigenvalue weighted by Crippen LogP contribution is 2.29. The van der Waals surface area contributed by atoms with E-state index in [-0.39, 0.29) is 0 Å². The van der Waals surface area contributed by atoms with E-state index in [9.17, 15) is 0 Å². The van der Waals surface area contributed by atoms with Crippen LogP contribution in [0.25, 0.3) is 0 Å². The zero-order valence-corrected chi connectivity index (χ0v) is 10.7. The van der Waals surface area contributed by atoms with Gasteiger partial charge >= 0.3 is 0 Å². The Morgan fingerprint density at radius 1 is 1.44 bits per heavy atom. The van der Waals surface area contributed by atoms with Crippen LogP contribution < -0.4 is 11.1 Å². The van der Waals surface area contributed by atoms with E-state index >= 15 is 0 Å². The average Bonchev–Trinajstić information content (AvgIpc) is 2.60. The zero-order chi connectivity index (χ0) is 11.7. The first-order chi connectivity index (χ1) is 7.56. The molecule has 0 aliphatic heterocycles. The third-order valence-electron chi connectivity index (χ3n) is 2.33. The number of nitrogens with two attached hydrogens (primary N) is 1. The van der Waals surface area contributed by atoms with Gasteiger partial charge in [-0.1, -0.05) is 0 Å². The molecule has 1 aromatic heterocycles. The molecule has 0 fully saturated rings. The third kappa shape index (κ3) is 2.19. The highest BCUT2D eigenvalue weighted by atomic mass is 79.9. The Balaban J connectivity index is 2.31. The van der Waals surface area contributed by atoms with Gasteiger partial charge < -0.3 is 11.1 Å². The maximum atomic E-state index is 5.81. The molecule has 5 heteroatoms. The lowest BCUT2D eigenvalue weighted by Crippen LogP contribution is -1.97. The topological polar surface area (TPSA) is 55.9 Å². The summed E-state index contributed by atoms with van der Waals surface area (Å²) in [6.45, 7) is 1.98. The van der Waals surface area contributed by atoms with Crippen molar-refractivity contribution in [2.45, 2.75) is 6.92 Å². The number of hydrogen-bond donors (Lipinski definition) is 2. The molecule has 0 bridgehead atoms. The van der Waals surface area contributed by atoms with Crippen LogP contribution in [0.4, 0.5) is 17.2 Å². The van der Waals surface area contributed by atoms with Crippen LogP contribution in [0, 0.1) is 6.92 Å². The Kier molecular flexibility index (Phi) is 2.87. The number of nitrogens with one attached hydrogen (secondary N) is 1. The van der Waals surface area contributed by atoms with E-state index in [1.807, 2.05) is 38.4 Å². The average molecular weight is 281 g/mol. The lowest BCUT2D eigenvalue weighted by molar-refractivity contribution is 0.771. The Hall–Kier alpha value is -1.49. The second-order valence-corrected chi connectivity index (χ2v) is 4.54. The minimum atomic E-state index is 0.776. The standard InChI is InChI=1S/C11H13BrN4/c1-7-5-10(8(12)6-9(7)13)14-11-3-4-16(2)15-11/h3-6H,13H2,1-2H3,(H,14,15). The number of rotatable bonds is 2. The Morgan fingerprint density at radius 3 is 2.81 bits per heavy atom. The Bertz CT molecular complexity index is 519. The molecule has 1 heterocycles. The van der Waals surface area contributed by atoms with E-state index in [4.69, 9.17) is 5.73 Å². The van der Waals surface area contributed by atoms with E-state index in [2.05, 4.69) is 26.3 Å². The van der Waals surface area contributed by atoms with Gasteiger partial charge in [-0.05, 0) is 40.5 Å². The van der Waals surface area contributed by atoms with E-state index in [1.165, 1.54) is 0 Å². The Morgan fingerprint density at radius 2 is 2.19 bits per heavy atom. The van der Waals surface area contributed by atoms with E-state index in [1.54, 1.807) is 4.68 Å². The summed E-state index contributed by atoms with van der Waals surface area (Å²) in [4.78, 5) is 0. The highest BCUT2D eigenvalue weighted by molar-refractivity contribution is 9.10. The zero-order valence-electron chi connectivity index (χ0n) is 9.16. The van der Waals surface area contributed by atoms with Crippen LogP contribution >= 0.6 is 15.9 Å². The molecule has 2 rings (SSSR count). The lowest BCUT2D eigenvalue weighted by atomic mass is 10.2. The van der Waals surface area contributed by atoms with Gasteiger partial charge in [-0.2, -0.15) is 5.10 Å². The van der Waals surface area contributed by atoms with Crippen molar-refractivity contribution in [3.8, 4) is 0 Å². The van der Waals surface area contributed by atoms with E-state index in [0.717, 1.165) is 27.2 Å². The minimum Gasteiger partial charge on any atom is -0.398 e. The number of hydrogen-bond acceptors (Lipinski definition) is 3. The molecule has 0 saturated heterocycles. The molecule has 0 spiro atoms. The molecule has 0 saturated carbocycles. The number of halogens is 1. The molecular formula is C11H13BrN4. The van der Waals surface area contributed by atoms with Crippen molar-refractivity contribution >= 4 is 33.1 Å². The quantitative estimate of drug-likeness (QED) is 0.832. The van der Waals surface area contributed by atoms with Crippen molar-refractivity contribution in [1.82, 2.24) is 9.78 Å². The minimum absolute atomic E-state index is 0.776. The molecule has 3 N–H and O–H groups in total. The molecule has 0 radical (unpaired) electrons. The van der Waals surface area contributed by atoms with Crippen LogP contribution in [0.3, 0.4) is 0 Å². The van der Waals surface area contributed by atoms with E-state index < -0.39 is 0 Å². The van der Waals surface area contributed by atoms with Crippen molar-refractivity contribution in [2.24, 2.45) is 7.05 Å². The first-order valence-corrected chi connectivity index (χ1v) is 5.68. The first-order valence-electron chi connectivity index (χ1n) is 4.88. The lowest BCUT2D eigenvalue weighted by Gasteiger charge is -2.09. The van der Waals surface area contributed by atoms with Gasteiger partial charge in [-0.15, -0.1) is 0 Å². The number of aryl methyl sites for hydroxylation is 2. The smallest absolute Gasteiger partial charge is 0.152 e. The normalized spacial score (nSPS) is 10.4. The van der Waals surface area contributed by atoms with Crippen molar-refractivity contribution < 1.29 is 0 Å². The van der Waals surface area contributed by atoms with Crippen molar-refractivity contribution in [1.29, 1.82) is 0 Å². The summed E-state index contributed by atoms with van der Waals surface area (Å²) in [5, 5.41) is 7.48. The highest BCUT2D eigenvalue weighted by Gasteiger charge is 2.05. The molecule has 0 aliphatic rings. The fourth-order valence-electron chi connectivity index (χ4n) is 1.41. The van der Waals surface area contributed by atoms with Gasteiger partial charge in [0.2, 0.25) is 0 Å². The number of benzene rings is 1. The maximum Gasteiger partial charge on any atom is 0.152 e. The predicted octanol–water partition coefficient (Wildman–Crippen LogP) is 2.82. The largest absolute Gasteiger partial charge is 0.398 e. The van der Waals surface area contributed by atoms with Crippen LogP contribution in [0.5, 0.6) is 0 Å². The summed E-state index contributed by atoms with van der Waals surface area (Å²) in [5.74, 6) is 0.812. The van der Waals surface area contributed by atoms with Gasteiger partial charge in [-0.3, -0.25) is 4.68 Å². The van der Waals surface area contributed by atoms with Gasteiger partial charge in [0.25, 0.3) is 0 Å². The monoisotopic (exact) mass is 280 g/mol. The summed E-state index contributed by atoms with van der Waals surface area (Å²) >= 11 is 3.47. The van der Waals surface area contributed by atoms with Gasteiger partial charge in [0.15, 0.2) is 5.82 Å². The third-order valence-corrected chi connectivity index (χ3v) is 2.99. The predicted molar refractivity (Wildman–Crippen MR) is 69.8 cm³/mol. The van der Waals surface area contributed by atoms with Crippen LogP contribution in [0.1, 0.15) is 5.56 Å². The van der Waals surface area contributed by atoms with Crippen molar-refractivity contribution in [3.63, 3.8) is 0 Å². The van der Waals surface area contributed by atoms with Crippen LogP contribution in [0.15, 0.2) is 28.9 Å². The first kappa shape index (κ1) is 11.0. The van der Waals surface area contributed by atoms with E-state index in [0.29, 0.717) is 0 Å². The van der Waals surface area contributed by atoms with Crippen LogP contribution in [-0.4, -0.2) is 9.78 Å². The summed E-state index contributed by atoms with van der Waals surface area (Å²) in [7, 11) is 1.88. The molecule has 2 aromatic rings. The molecule has 4 nitrogen and oxygen atoms in total. The number of anilines is 3. The van der Waals surface area contributed by atoms with Crippen LogP contribution in [0.2, 0.25) is 0 Å². The van der Waals surface area contributed by atoms with Crippen molar-refractivity contribution in [2.75, 3.05) is 11.1 Å². The number of nitrogens with zero attached hydrogens (tertiary/aromatic N) is 2. The molecule has 0 unspecified atom stereocenters. The summed E-state index contributed by atoms with van der Waals surface area (Å²) in [6.07, 6.45) is 1.89. The number of nitrogen functional groups attached to an aromatic ring is 1. The summed E-state index contributed by atoms with van der Waals surface area (Å²) in [6, 6.07) is 5.80. The fraction of sp³-hybridized carbons (Fsp3) is 0.182. The fourth-order valence-corrected chi connectivity index (χ4v) is 1.87. The molecule has 84 valence electrons. The second-order valence-electron chi connectivity index (χ2n) is 3.69. The summed E-state index contributed by atoms with van der Waals surface area (Å²) in [5.41, 5.74) is 8.59. The molecule has 16 heavy (non-hydrogen) atoms. The van der Waals surface area contributed by atoms with Crippen LogP contribution in [-0.2, 0) is 7.05 Å². The van der Waals surface area contributed by atoms with Gasteiger partial charge in [-0.25, -0.2) is 0 Å². The SMILES string of the molecule is Cc1cc(Nc2ccn(C)n2)c(Br)cc1N. The maximum absolute atomic E-state index is 5.81. The van der Waals surface area contributed by atoms with Gasteiger partial charge in [0.05, 0.1) is 5.69 Å². The second kappa shape index (κ2) is 4.17. The molecule has 0 atom stereocenters. The molecular weight excluding hydrogens is 268 g/mol. The van der Waals surface area contributed by atoms with Crippen molar-refractivity contribution in [3.05, 3.63) is 34.4 Å². The van der Waals surface area contributed by atoms with Gasteiger partial charge in [0.1, 0.15) is 0 Å². The molecule has 0 amide bonds. The summed E-state index contributed by atoms with van der Waals surface area (Å²) < 4.78 is 2.68. The number of aromatic nitrogens is 2. The molecule has 0 aliphatic carbocycles. The molecule has 1 aromatic carbocycles. The van der Waals surface area contributed by atoms with Gasteiger partial charge in [0, 0.05) is 29.5 Å².